The molecule has 0 amide bonds. The summed E-state index contributed by atoms with van der Waals surface area (Å²) in [5.74, 6) is 0.342. The van der Waals surface area contributed by atoms with Gasteiger partial charge >= 0.3 is 5.97 Å². The maximum Gasteiger partial charge on any atom is 0.303 e. The number of carboxylic acids is 1. The Kier molecular flexibility index (Phi) is 12.7. The molecule has 312 valence electrons. The van der Waals surface area contributed by atoms with Gasteiger partial charge in [-0.05, 0) is 82.9 Å². The van der Waals surface area contributed by atoms with Gasteiger partial charge in [-0.25, -0.2) is 0 Å². The zero-order valence-corrected chi connectivity index (χ0v) is 36.3. The van der Waals surface area contributed by atoms with Crippen molar-refractivity contribution >= 4 is 60.2 Å². The lowest BCUT2D eigenvalue weighted by atomic mass is 9.75. The standard InChI is InChI=1S/C46H52N2O9S2/c1-8-48-40-30-42-37(29-36(40)32(2)31-45(48,3)4)34(27-41(57-42)33-17-11-9-12-18-33)19-13-10-14-20-43-46(5,24-15-21-44(49)50)38-28-35(59(53,54)56-7)22-23-39(38)47(43)25-16-26-58(51,52)55-6/h9-14,17-20,22-23,27-31H,8,15-16,21,24-26H2,1-7H3/p+1. The minimum atomic E-state index is -4.05. The lowest BCUT2D eigenvalue weighted by Gasteiger charge is -2.43. The number of likely N-dealkylation sites (N-methyl/N-ethyl adjacent to an activating group) is 1. The first-order valence-electron chi connectivity index (χ1n) is 19.7. The van der Waals surface area contributed by atoms with Crippen molar-refractivity contribution in [3.63, 3.8) is 0 Å². The summed E-state index contributed by atoms with van der Waals surface area (Å²) in [6, 6.07) is 19.1. The van der Waals surface area contributed by atoms with Crippen molar-refractivity contribution in [2.75, 3.05) is 38.0 Å². The quantitative estimate of drug-likeness (QED) is 0.0847. The highest BCUT2D eigenvalue weighted by Gasteiger charge is 2.48. The Hall–Kier alpha value is -5.08. The van der Waals surface area contributed by atoms with Gasteiger partial charge in [0, 0.05) is 65.5 Å². The minimum absolute atomic E-state index is 0.0281. The van der Waals surface area contributed by atoms with E-state index in [-0.39, 0.29) is 35.6 Å². The Balaban J connectivity index is 1.42. The number of nitrogens with zero attached hydrogens (tertiary/aromatic N) is 2. The Morgan fingerprint density at radius 2 is 1.68 bits per heavy atom. The van der Waals surface area contributed by atoms with E-state index in [1.54, 1.807) is 12.1 Å². The number of carbonyl (C=O) groups is 1. The summed E-state index contributed by atoms with van der Waals surface area (Å²) in [6.07, 6.45) is 14.9. The van der Waals surface area contributed by atoms with Gasteiger partial charge in [0.1, 0.15) is 18.1 Å². The Labute approximate surface area is 348 Å². The monoisotopic (exact) mass is 841 g/mol. The van der Waals surface area contributed by atoms with Crippen LogP contribution in [0.5, 0.6) is 5.75 Å². The molecule has 59 heavy (non-hydrogen) atoms. The summed E-state index contributed by atoms with van der Waals surface area (Å²) in [4.78, 5) is 14.0. The van der Waals surface area contributed by atoms with E-state index in [0.29, 0.717) is 24.1 Å². The molecule has 0 saturated heterocycles. The molecule has 3 heterocycles. The molecule has 1 unspecified atom stereocenters. The largest absolute Gasteiger partial charge is 0.481 e. The van der Waals surface area contributed by atoms with E-state index < -0.39 is 31.6 Å². The molecule has 0 saturated carbocycles. The van der Waals surface area contributed by atoms with Crippen LogP contribution in [0.4, 0.5) is 11.4 Å². The van der Waals surface area contributed by atoms with Gasteiger partial charge in [0.2, 0.25) is 5.69 Å². The average molecular weight is 842 g/mol. The van der Waals surface area contributed by atoms with Gasteiger partial charge in [0.15, 0.2) is 5.71 Å². The first-order chi connectivity index (χ1) is 27.9. The third-order valence-electron chi connectivity index (χ3n) is 11.3. The summed E-state index contributed by atoms with van der Waals surface area (Å²) < 4.78 is 68.4. The number of fused-ring (bicyclic) bond motifs is 3. The zero-order valence-electron chi connectivity index (χ0n) is 34.7. The summed E-state index contributed by atoms with van der Waals surface area (Å²) in [6.45, 7) is 11.8. The van der Waals surface area contributed by atoms with Crippen molar-refractivity contribution in [3.8, 4) is 5.75 Å². The number of ether oxygens (including phenoxy) is 1. The van der Waals surface area contributed by atoms with Gasteiger partial charge in [-0.2, -0.15) is 21.4 Å². The van der Waals surface area contributed by atoms with Crippen molar-refractivity contribution in [1.29, 1.82) is 0 Å². The van der Waals surface area contributed by atoms with Gasteiger partial charge in [-0.3, -0.25) is 13.2 Å². The molecule has 3 aliphatic heterocycles. The lowest BCUT2D eigenvalue weighted by Crippen LogP contribution is -2.44. The molecule has 3 aromatic carbocycles. The molecule has 0 fully saturated rings. The first-order valence-corrected chi connectivity index (χ1v) is 22.7. The van der Waals surface area contributed by atoms with E-state index >= 15 is 0 Å². The Morgan fingerprint density at radius 1 is 0.932 bits per heavy atom. The summed E-state index contributed by atoms with van der Waals surface area (Å²) in [5.41, 5.74) is 7.52. The van der Waals surface area contributed by atoms with Crippen LogP contribution in [-0.4, -0.2) is 76.8 Å². The van der Waals surface area contributed by atoms with Crippen LogP contribution in [0.15, 0.2) is 108 Å². The summed E-state index contributed by atoms with van der Waals surface area (Å²) >= 11 is 0. The second kappa shape index (κ2) is 17.3. The second-order valence-corrected chi connectivity index (χ2v) is 19.2. The number of aliphatic carboxylic acids is 1. The maximum atomic E-state index is 12.8. The summed E-state index contributed by atoms with van der Waals surface area (Å²) in [5, 5.41) is 9.52. The van der Waals surface area contributed by atoms with E-state index in [9.17, 15) is 26.7 Å². The number of allylic oxidation sites excluding steroid dienone is 8. The van der Waals surface area contributed by atoms with Gasteiger partial charge in [0.05, 0.1) is 35.8 Å². The maximum absolute atomic E-state index is 12.8. The molecule has 11 nitrogen and oxygen atoms in total. The third kappa shape index (κ3) is 9.08. The van der Waals surface area contributed by atoms with Crippen molar-refractivity contribution in [1.82, 2.24) is 0 Å². The van der Waals surface area contributed by atoms with Crippen LogP contribution in [0.2, 0.25) is 0 Å². The van der Waals surface area contributed by atoms with Crippen molar-refractivity contribution in [3.05, 3.63) is 125 Å². The van der Waals surface area contributed by atoms with Crippen LogP contribution in [-0.2, 0) is 38.8 Å². The highest BCUT2D eigenvalue weighted by molar-refractivity contribution is 7.87. The Bertz CT molecular complexity index is 2550. The predicted molar refractivity (Wildman–Crippen MR) is 233 cm³/mol. The minimum Gasteiger partial charge on any atom is -0.481 e. The van der Waals surface area contributed by atoms with E-state index in [1.807, 2.05) is 78.3 Å². The van der Waals surface area contributed by atoms with Gasteiger partial charge in [-0.1, -0.05) is 60.7 Å². The topological polar surface area (TPSA) is 140 Å². The van der Waals surface area contributed by atoms with E-state index in [2.05, 4.69) is 50.8 Å². The fourth-order valence-electron chi connectivity index (χ4n) is 8.47. The molecule has 0 spiro atoms. The lowest BCUT2D eigenvalue weighted by molar-refractivity contribution is -0.437. The first kappa shape index (κ1) is 43.5. The van der Waals surface area contributed by atoms with Crippen LogP contribution in [0.1, 0.15) is 82.6 Å². The number of hydrogen-bond acceptors (Lipinski definition) is 9. The van der Waals surface area contributed by atoms with Crippen molar-refractivity contribution in [2.24, 2.45) is 0 Å². The van der Waals surface area contributed by atoms with Crippen LogP contribution < -0.4 is 9.64 Å². The van der Waals surface area contributed by atoms with E-state index in [4.69, 9.17) is 13.1 Å². The highest BCUT2D eigenvalue weighted by atomic mass is 32.2. The van der Waals surface area contributed by atoms with Crippen LogP contribution in [0.3, 0.4) is 0 Å². The van der Waals surface area contributed by atoms with E-state index in [1.165, 1.54) is 11.6 Å². The molecule has 0 aliphatic carbocycles. The molecule has 0 bridgehead atoms. The fraction of sp³-hybridized carbons (Fsp3) is 0.348. The van der Waals surface area contributed by atoms with Crippen molar-refractivity contribution in [2.45, 2.75) is 76.2 Å². The van der Waals surface area contributed by atoms with Crippen LogP contribution in [0, 0.1) is 0 Å². The smallest absolute Gasteiger partial charge is 0.303 e. The molecule has 6 rings (SSSR count). The van der Waals surface area contributed by atoms with Crippen molar-refractivity contribution < 1.29 is 44.4 Å². The molecule has 0 aromatic heterocycles. The average Bonchev–Trinajstić information content (AvgIpc) is 3.42. The van der Waals surface area contributed by atoms with Gasteiger partial charge < -0.3 is 14.7 Å². The normalized spacial score (nSPS) is 19.4. The number of benzene rings is 3. The van der Waals surface area contributed by atoms with E-state index in [0.717, 1.165) is 65.9 Å². The summed E-state index contributed by atoms with van der Waals surface area (Å²) in [7, 11) is -5.55. The van der Waals surface area contributed by atoms with Crippen LogP contribution in [0.25, 0.3) is 16.9 Å². The molecule has 13 heteroatoms. The molecular formula is C46H53N2O9S2+. The predicted octanol–water partition coefficient (Wildman–Crippen LogP) is 8.65. The number of carboxylic acid groups (broad SMARTS) is 1. The third-order valence-corrected chi connectivity index (χ3v) is 13.9. The zero-order chi connectivity index (χ0) is 42.8. The number of anilines is 1. The van der Waals surface area contributed by atoms with Crippen LogP contribution >= 0.6 is 0 Å². The number of rotatable bonds is 16. The second-order valence-electron chi connectivity index (χ2n) is 15.6. The molecule has 3 aromatic rings. The molecule has 1 N–H and O–H groups in total. The van der Waals surface area contributed by atoms with Gasteiger partial charge in [-0.15, -0.1) is 0 Å². The fourth-order valence-corrected chi connectivity index (χ4v) is 9.81. The molecule has 3 aliphatic rings. The Morgan fingerprint density at radius 3 is 2.36 bits per heavy atom. The molecular weight excluding hydrogens is 789 g/mol. The molecule has 0 radical (unpaired) electrons. The highest BCUT2D eigenvalue weighted by Crippen LogP contribution is 2.47. The molecule has 1 atom stereocenters. The van der Waals surface area contributed by atoms with Gasteiger partial charge in [0.25, 0.3) is 20.2 Å². The SMILES string of the molecule is CCN1c2cc3c(cc2C(C)=CC1(C)C)/C(=C/C=C/C=C/C1=[N+](CCCS(=O)(=O)OC)c2ccc(S(=O)(=O)OC)cc2C1(C)CCCC(=O)O)C=C(c1ccccc1)O3. The number of hydrogen-bond donors (Lipinski definition) is 1.